The maximum Gasteiger partial charge on any atom is 0.129 e. The average molecular weight is 317 g/mol. The van der Waals surface area contributed by atoms with Crippen LogP contribution in [-0.2, 0) is 6.54 Å². The van der Waals surface area contributed by atoms with Gasteiger partial charge >= 0.3 is 0 Å². The van der Waals surface area contributed by atoms with Gasteiger partial charge in [-0.05, 0) is 49.6 Å². The number of nitrogens with one attached hydrogen (secondary N) is 1. The number of aromatic nitrogens is 2. The van der Waals surface area contributed by atoms with Crippen LogP contribution in [0.25, 0.3) is 0 Å². The van der Waals surface area contributed by atoms with Crippen molar-refractivity contribution in [2.75, 3.05) is 18.0 Å². The van der Waals surface area contributed by atoms with Crippen molar-refractivity contribution in [3.63, 3.8) is 0 Å². The third kappa shape index (κ3) is 3.96. The Balaban J connectivity index is 1.57. The average Bonchev–Trinajstić information content (AvgIpc) is 2.54. The second-order valence-corrected chi connectivity index (χ2v) is 6.20. The Morgan fingerprint density at radius 3 is 3.00 bits per heavy atom. The molecular formula is C17H21ClN4. The lowest BCUT2D eigenvalue weighted by molar-refractivity contribution is 0.421. The number of halogens is 1. The lowest BCUT2D eigenvalue weighted by Crippen LogP contribution is -2.45. The fourth-order valence-electron chi connectivity index (χ4n) is 2.91. The van der Waals surface area contributed by atoms with Gasteiger partial charge in [0.05, 0.1) is 11.9 Å². The van der Waals surface area contributed by atoms with E-state index < -0.39 is 0 Å². The highest BCUT2D eigenvalue weighted by atomic mass is 35.5. The largest absolute Gasteiger partial charge is 0.369 e. The van der Waals surface area contributed by atoms with Gasteiger partial charge in [0, 0.05) is 37.6 Å². The van der Waals surface area contributed by atoms with Crippen LogP contribution in [0.1, 0.15) is 24.1 Å². The van der Waals surface area contributed by atoms with Gasteiger partial charge < -0.3 is 10.2 Å². The zero-order chi connectivity index (χ0) is 15.4. The Labute approximate surface area is 136 Å². The molecule has 3 rings (SSSR count). The van der Waals surface area contributed by atoms with Crippen LogP contribution in [0, 0.1) is 6.92 Å². The number of aryl methyl sites for hydroxylation is 1. The van der Waals surface area contributed by atoms with Gasteiger partial charge in [0.2, 0.25) is 0 Å². The van der Waals surface area contributed by atoms with E-state index in [-0.39, 0.29) is 0 Å². The molecule has 2 aromatic heterocycles. The summed E-state index contributed by atoms with van der Waals surface area (Å²) in [7, 11) is 0. The molecule has 0 aliphatic carbocycles. The van der Waals surface area contributed by atoms with Gasteiger partial charge in [-0.25, -0.2) is 4.98 Å². The van der Waals surface area contributed by atoms with Gasteiger partial charge in [0.1, 0.15) is 5.15 Å². The first-order valence-electron chi connectivity index (χ1n) is 7.72. The zero-order valence-corrected chi connectivity index (χ0v) is 13.6. The molecule has 0 bridgehead atoms. The van der Waals surface area contributed by atoms with Gasteiger partial charge in [-0.1, -0.05) is 11.6 Å². The monoisotopic (exact) mass is 316 g/mol. The van der Waals surface area contributed by atoms with Crippen LogP contribution in [0.15, 0.2) is 36.7 Å². The van der Waals surface area contributed by atoms with Crippen LogP contribution in [-0.4, -0.2) is 29.1 Å². The van der Waals surface area contributed by atoms with E-state index in [4.69, 9.17) is 11.6 Å². The van der Waals surface area contributed by atoms with Gasteiger partial charge in [0.15, 0.2) is 0 Å². The van der Waals surface area contributed by atoms with Crippen LogP contribution >= 0.6 is 11.6 Å². The van der Waals surface area contributed by atoms with Crippen LogP contribution in [0.2, 0.25) is 5.15 Å². The smallest absolute Gasteiger partial charge is 0.129 e. The van der Waals surface area contributed by atoms with Gasteiger partial charge in [-0.3, -0.25) is 4.98 Å². The van der Waals surface area contributed by atoms with E-state index in [1.807, 2.05) is 31.5 Å². The predicted octanol–water partition coefficient (Wildman–Crippen LogP) is 3.20. The van der Waals surface area contributed by atoms with E-state index in [1.165, 1.54) is 18.4 Å². The van der Waals surface area contributed by atoms with Crippen LogP contribution in [0.5, 0.6) is 0 Å². The molecule has 116 valence electrons. The van der Waals surface area contributed by atoms with E-state index >= 15 is 0 Å². The maximum atomic E-state index is 5.86. The lowest BCUT2D eigenvalue weighted by Gasteiger charge is -2.34. The molecule has 1 aliphatic rings. The molecule has 5 heteroatoms. The van der Waals surface area contributed by atoms with E-state index in [9.17, 15) is 0 Å². The van der Waals surface area contributed by atoms with E-state index in [1.54, 1.807) is 0 Å². The topological polar surface area (TPSA) is 41.0 Å². The van der Waals surface area contributed by atoms with Crippen molar-refractivity contribution >= 4 is 17.3 Å². The molecule has 1 atom stereocenters. The van der Waals surface area contributed by atoms with Crippen molar-refractivity contribution in [1.82, 2.24) is 15.3 Å². The molecule has 0 saturated carbocycles. The fourth-order valence-corrected chi connectivity index (χ4v) is 3.02. The third-order valence-electron chi connectivity index (χ3n) is 4.05. The number of rotatable bonds is 4. The number of nitrogens with zero attached hydrogens (tertiary/aromatic N) is 3. The number of hydrogen-bond donors (Lipinski definition) is 1. The fraction of sp³-hybridized carbons (Fsp3) is 0.412. The SMILES string of the molecule is Cc1cc(CN[C@H]2CCCN(c3ccc(Cl)nc3)C2)ccn1. The summed E-state index contributed by atoms with van der Waals surface area (Å²) in [6.45, 7) is 5.00. The summed E-state index contributed by atoms with van der Waals surface area (Å²) in [6.07, 6.45) is 6.13. The summed E-state index contributed by atoms with van der Waals surface area (Å²) in [6, 6.07) is 8.61. The first-order chi connectivity index (χ1) is 10.7. The molecule has 1 saturated heterocycles. The summed E-state index contributed by atoms with van der Waals surface area (Å²) < 4.78 is 0. The molecule has 22 heavy (non-hydrogen) atoms. The van der Waals surface area contributed by atoms with Gasteiger partial charge in [0.25, 0.3) is 0 Å². The Bertz CT molecular complexity index is 614. The standard InChI is InChI=1S/C17H21ClN4/c1-13-9-14(6-7-19-13)10-20-15-3-2-8-22(12-15)16-4-5-17(18)21-11-16/h4-7,9,11,15,20H,2-3,8,10,12H2,1H3/t15-/m0/s1. The van der Waals surface area contributed by atoms with Crippen LogP contribution < -0.4 is 10.2 Å². The van der Waals surface area contributed by atoms with Gasteiger partial charge in [-0.15, -0.1) is 0 Å². The molecule has 1 aliphatic heterocycles. The van der Waals surface area contributed by atoms with Crippen molar-refractivity contribution in [2.45, 2.75) is 32.4 Å². The summed E-state index contributed by atoms with van der Waals surface area (Å²) >= 11 is 5.86. The van der Waals surface area contributed by atoms with E-state index in [2.05, 4.69) is 32.3 Å². The summed E-state index contributed by atoms with van der Waals surface area (Å²) in [4.78, 5) is 10.8. The van der Waals surface area contributed by atoms with Crippen molar-refractivity contribution in [3.05, 3.63) is 53.1 Å². The zero-order valence-electron chi connectivity index (χ0n) is 12.8. The van der Waals surface area contributed by atoms with Crippen molar-refractivity contribution in [3.8, 4) is 0 Å². The summed E-state index contributed by atoms with van der Waals surface area (Å²) in [5, 5.41) is 4.21. The molecule has 2 aromatic rings. The molecule has 4 nitrogen and oxygen atoms in total. The Morgan fingerprint density at radius 2 is 2.23 bits per heavy atom. The molecule has 3 heterocycles. The minimum absolute atomic E-state index is 0.498. The molecule has 0 spiro atoms. The first kappa shape index (κ1) is 15.3. The third-order valence-corrected chi connectivity index (χ3v) is 4.28. The first-order valence-corrected chi connectivity index (χ1v) is 8.10. The normalized spacial score (nSPS) is 18.5. The van der Waals surface area contributed by atoms with Gasteiger partial charge in [-0.2, -0.15) is 0 Å². The van der Waals surface area contributed by atoms with Crippen LogP contribution in [0.4, 0.5) is 5.69 Å². The number of piperidine rings is 1. The second-order valence-electron chi connectivity index (χ2n) is 5.81. The summed E-state index contributed by atoms with van der Waals surface area (Å²) in [5.74, 6) is 0. The molecule has 0 radical (unpaired) electrons. The molecule has 0 unspecified atom stereocenters. The van der Waals surface area contributed by atoms with Crippen molar-refractivity contribution in [2.24, 2.45) is 0 Å². The Kier molecular flexibility index (Phi) is 4.90. The maximum absolute atomic E-state index is 5.86. The highest BCUT2D eigenvalue weighted by molar-refractivity contribution is 6.29. The van der Waals surface area contributed by atoms with Crippen molar-refractivity contribution < 1.29 is 0 Å². The van der Waals surface area contributed by atoms with Crippen molar-refractivity contribution in [1.29, 1.82) is 0 Å². The number of pyridine rings is 2. The minimum Gasteiger partial charge on any atom is -0.369 e. The van der Waals surface area contributed by atoms with E-state index in [0.29, 0.717) is 11.2 Å². The summed E-state index contributed by atoms with van der Waals surface area (Å²) in [5.41, 5.74) is 3.50. The van der Waals surface area contributed by atoms with E-state index in [0.717, 1.165) is 31.0 Å². The quantitative estimate of drug-likeness (QED) is 0.880. The molecule has 0 aromatic carbocycles. The highest BCUT2D eigenvalue weighted by Gasteiger charge is 2.19. The molecular weight excluding hydrogens is 296 g/mol. The Morgan fingerprint density at radius 1 is 1.32 bits per heavy atom. The van der Waals surface area contributed by atoms with Crippen LogP contribution in [0.3, 0.4) is 0 Å². The Hall–Kier alpha value is -1.65. The predicted molar refractivity (Wildman–Crippen MR) is 90.3 cm³/mol. The molecule has 1 fully saturated rings. The molecule has 1 N–H and O–H groups in total. The second kappa shape index (κ2) is 7.07. The highest BCUT2D eigenvalue weighted by Crippen LogP contribution is 2.20. The number of anilines is 1. The number of hydrogen-bond acceptors (Lipinski definition) is 4. The minimum atomic E-state index is 0.498. The molecule has 0 amide bonds. The lowest BCUT2D eigenvalue weighted by atomic mass is 10.0.